The van der Waals surface area contributed by atoms with Crippen molar-refractivity contribution < 1.29 is 4.74 Å². The fourth-order valence-electron chi connectivity index (χ4n) is 1.36. The van der Waals surface area contributed by atoms with Gasteiger partial charge in [0.25, 0.3) is 0 Å². The highest BCUT2D eigenvalue weighted by atomic mass is 16.5. The molecule has 4 nitrogen and oxygen atoms in total. The molecule has 4 heteroatoms. The van der Waals surface area contributed by atoms with Crippen molar-refractivity contribution in [3.63, 3.8) is 0 Å². The van der Waals surface area contributed by atoms with Crippen molar-refractivity contribution >= 4 is 0 Å². The van der Waals surface area contributed by atoms with Gasteiger partial charge in [0.05, 0.1) is 11.9 Å². The molecule has 1 aliphatic rings. The van der Waals surface area contributed by atoms with E-state index >= 15 is 0 Å². The second-order valence-corrected chi connectivity index (χ2v) is 2.90. The normalized spacial score (nSPS) is 24.2. The molecule has 1 aliphatic heterocycles. The zero-order chi connectivity index (χ0) is 7.52. The van der Waals surface area contributed by atoms with Crippen LogP contribution in [0.15, 0.2) is 6.20 Å². The predicted molar refractivity (Wildman–Crippen MR) is 39.0 cm³/mol. The van der Waals surface area contributed by atoms with Crippen molar-refractivity contribution in [2.24, 2.45) is 5.92 Å². The van der Waals surface area contributed by atoms with Crippen molar-refractivity contribution in [2.75, 3.05) is 13.2 Å². The first kappa shape index (κ1) is 6.79. The lowest BCUT2D eigenvalue weighted by Gasteiger charge is -2.01. The number of aromatic amines is 1. The van der Waals surface area contributed by atoms with Gasteiger partial charge in [-0.1, -0.05) is 0 Å². The number of ether oxygens (including phenoxy) is 1. The van der Waals surface area contributed by atoms with Crippen molar-refractivity contribution in [1.82, 2.24) is 15.4 Å². The molecular formula is C7H11N3O. The van der Waals surface area contributed by atoms with Gasteiger partial charge in [-0.3, -0.25) is 0 Å². The second kappa shape index (κ2) is 3.00. The number of H-pyrrole nitrogens is 1. The van der Waals surface area contributed by atoms with Crippen LogP contribution < -0.4 is 0 Å². The van der Waals surface area contributed by atoms with E-state index in [1.54, 1.807) is 6.20 Å². The van der Waals surface area contributed by atoms with Crippen LogP contribution in [0.25, 0.3) is 0 Å². The Morgan fingerprint density at radius 3 is 3.36 bits per heavy atom. The molecule has 2 heterocycles. The van der Waals surface area contributed by atoms with Gasteiger partial charge in [-0.2, -0.15) is 15.4 Å². The Morgan fingerprint density at radius 2 is 2.73 bits per heavy atom. The molecular weight excluding hydrogens is 142 g/mol. The topological polar surface area (TPSA) is 50.8 Å². The van der Waals surface area contributed by atoms with Crippen LogP contribution in [0.4, 0.5) is 0 Å². The highest BCUT2D eigenvalue weighted by Crippen LogP contribution is 2.15. The average Bonchev–Trinajstić information content (AvgIpc) is 2.60. The molecule has 0 radical (unpaired) electrons. The van der Waals surface area contributed by atoms with E-state index < -0.39 is 0 Å². The lowest BCUT2D eigenvalue weighted by Crippen LogP contribution is -2.03. The molecule has 1 fully saturated rings. The minimum Gasteiger partial charge on any atom is -0.381 e. The molecule has 60 valence electrons. The largest absolute Gasteiger partial charge is 0.381 e. The van der Waals surface area contributed by atoms with E-state index in [2.05, 4.69) is 15.4 Å². The van der Waals surface area contributed by atoms with E-state index in [-0.39, 0.29) is 0 Å². The van der Waals surface area contributed by atoms with Crippen molar-refractivity contribution in [2.45, 2.75) is 12.8 Å². The summed E-state index contributed by atoms with van der Waals surface area (Å²) < 4.78 is 5.25. The van der Waals surface area contributed by atoms with Crippen molar-refractivity contribution in [1.29, 1.82) is 0 Å². The molecule has 1 aromatic heterocycles. The lowest BCUT2D eigenvalue weighted by molar-refractivity contribution is 0.185. The SMILES string of the molecule is c1n[nH]nc1CC1CCOC1. The summed E-state index contributed by atoms with van der Waals surface area (Å²) in [5.41, 5.74) is 1.04. The number of hydrogen-bond donors (Lipinski definition) is 1. The van der Waals surface area contributed by atoms with E-state index in [1.807, 2.05) is 0 Å². The molecule has 0 amide bonds. The Labute approximate surface area is 64.9 Å². The smallest absolute Gasteiger partial charge is 0.0828 e. The Balaban J connectivity index is 1.90. The molecule has 0 bridgehead atoms. The number of nitrogens with zero attached hydrogens (tertiary/aromatic N) is 2. The van der Waals surface area contributed by atoms with Crippen molar-refractivity contribution in [3.8, 4) is 0 Å². The van der Waals surface area contributed by atoms with Crippen LogP contribution in [0, 0.1) is 5.92 Å². The summed E-state index contributed by atoms with van der Waals surface area (Å²) in [7, 11) is 0. The lowest BCUT2D eigenvalue weighted by atomic mass is 10.0. The standard InChI is InChI=1S/C7H11N3O/c1-2-11-5-6(1)3-7-4-8-10-9-7/h4,6H,1-3,5H2,(H,8,9,10). The van der Waals surface area contributed by atoms with Crippen LogP contribution in [0.5, 0.6) is 0 Å². The number of rotatable bonds is 2. The first-order valence-electron chi connectivity index (χ1n) is 3.87. The molecule has 0 aliphatic carbocycles. The average molecular weight is 153 g/mol. The zero-order valence-corrected chi connectivity index (χ0v) is 6.29. The van der Waals surface area contributed by atoms with Gasteiger partial charge in [0.1, 0.15) is 0 Å². The van der Waals surface area contributed by atoms with Gasteiger partial charge in [-0.25, -0.2) is 0 Å². The third-order valence-corrected chi connectivity index (χ3v) is 1.99. The van der Waals surface area contributed by atoms with Gasteiger partial charge < -0.3 is 4.74 Å². The van der Waals surface area contributed by atoms with Crippen molar-refractivity contribution in [3.05, 3.63) is 11.9 Å². The van der Waals surface area contributed by atoms with Gasteiger partial charge in [0.2, 0.25) is 0 Å². The van der Waals surface area contributed by atoms with Gasteiger partial charge in [0.15, 0.2) is 0 Å². The summed E-state index contributed by atoms with van der Waals surface area (Å²) >= 11 is 0. The molecule has 11 heavy (non-hydrogen) atoms. The number of hydrogen-bond acceptors (Lipinski definition) is 3. The summed E-state index contributed by atoms with van der Waals surface area (Å²) in [5, 5.41) is 10.3. The molecule has 0 spiro atoms. The van der Waals surface area contributed by atoms with E-state index in [4.69, 9.17) is 4.74 Å². The highest BCUT2D eigenvalue weighted by Gasteiger charge is 2.16. The summed E-state index contributed by atoms with van der Waals surface area (Å²) in [6.07, 6.45) is 3.93. The van der Waals surface area contributed by atoms with Crippen LogP contribution in [-0.4, -0.2) is 28.6 Å². The summed E-state index contributed by atoms with van der Waals surface area (Å²) in [6, 6.07) is 0. The van der Waals surface area contributed by atoms with E-state index in [1.165, 1.54) is 0 Å². The van der Waals surface area contributed by atoms with Crippen LogP contribution in [0.1, 0.15) is 12.1 Å². The quantitative estimate of drug-likeness (QED) is 0.668. The first-order chi connectivity index (χ1) is 5.45. The Bertz CT molecular complexity index is 203. The summed E-state index contributed by atoms with van der Waals surface area (Å²) in [5.74, 6) is 0.653. The summed E-state index contributed by atoms with van der Waals surface area (Å²) in [6.45, 7) is 1.79. The third-order valence-electron chi connectivity index (χ3n) is 1.99. The Hall–Kier alpha value is -0.900. The maximum absolute atomic E-state index is 5.25. The van der Waals surface area contributed by atoms with E-state index in [9.17, 15) is 0 Å². The zero-order valence-electron chi connectivity index (χ0n) is 6.29. The van der Waals surface area contributed by atoms with Gasteiger partial charge in [-0.15, -0.1) is 0 Å². The molecule has 2 rings (SSSR count). The first-order valence-corrected chi connectivity index (χ1v) is 3.87. The molecule has 1 atom stereocenters. The Morgan fingerprint density at radius 1 is 1.73 bits per heavy atom. The van der Waals surface area contributed by atoms with E-state index in [0.717, 1.165) is 31.7 Å². The van der Waals surface area contributed by atoms with Gasteiger partial charge in [0, 0.05) is 13.2 Å². The minimum absolute atomic E-state index is 0.653. The van der Waals surface area contributed by atoms with Gasteiger partial charge >= 0.3 is 0 Å². The minimum atomic E-state index is 0.653. The van der Waals surface area contributed by atoms with E-state index in [0.29, 0.717) is 5.92 Å². The number of nitrogens with one attached hydrogen (secondary N) is 1. The molecule has 0 saturated carbocycles. The molecule has 1 aromatic rings. The third kappa shape index (κ3) is 1.57. The fraction of sp³-hybridized carbons (Fsp3) is 0.714. The van der Waals surface area contributed by atoms with Crippen LogP contribution in [0.3, 0.4) is 0 Å². The molecule has 1 N–H and O–H groups in total. The number of aromatic nitrogens is 3. The van der Waals surface area contributed by atoms with Crippen LogP contribution in [-0.2, 0) is 11.2 Å². The molecule has 1 saturated heterocycles. The fourth-order valence-corrected chi connectivity index (χ4v) is 1.36. The predicted octanol–water partition coefficient (Wildman–Crippen LogP) is 0.384. The Kier molecular flexibility index (Phi) is 1.85. The highest BCUT2D eigenvalue weighted by molar-refractivity contribution is 4.93. The maximum atomic E-state index is 5.25. The maximum Gasteiger partial charge on any atom is 0.0828 e. The second-order valence-electron chi connectivity index (χ2n) is 2.90. The van der Waals surface area contributed by atoms with Gasteiger partial charge in [-0.05, 0) is 18.8 Å². The van der Waals surface area contributed by atoms with Crippen LogP contribution >= 0.6 is 0 Å². The van der Waals surface area contributed by atoms with Crippen LogP contribution in [0.2, 0.25) is 0 Å². The summed E-state index contributed by atoms with van der Waals surface area (Å²) in [4.78, 5) is 0. The molecule has 0 aromatic carbocycles. The monoisotopic (exact) mass is 153 g/mol. The molecule has 1 unspecified atom stereocenters.